The first-order valence-corrected chi connectivity index (χ1v) is 15.3. The van der Waals surface area contributed by atoms with E-state index in [4.69, 9.17) is 4.42 Å². The van der Waals surface area contributed by atoms with Gasteiger partial charge in [0.05, 0.1) is 18.5 Å². The molecule has 5 fully saturated rings. The highest BCUT2D eigenvalue weighted by molar-refractivity contribution is 5.74. The first-order valence-electron chi connectivity index (χ1n) is 15.3. The fourth-order valence-corrected chi connectivity index (χ4v) is 10.2. The van der Waals surface area contributed by atoms with E-state index in [0.29, 0.717) is 30.8 Å². The number of piperazine rings is 1. The van der Waals surface area contributed by atoms with Gasteiger partial charge in [0.1, 0.15) is 0 Å². The van der Waals surface area contributed by atoms with Gasteiger partial charge in [0, 0.05) is 50.2 Å². The Balaban J connectivity index is 1.16. The molecule has 8 heteroatoms. The predicted octanol–water partition coefficient (Wildman–Crippen LogP) is 3.57. The van der Waals surface area contributed by atoms with Gasteiger partial charge in [-0.05, 0) is 98.5 Å². The van der Waals surface area contributed by atoms with E-state index in [-0.39, 0.29) is 47.1 Å². The number of nitrogens with one attached hydrogen (secondary N) is 1. The number of nitrogens with zero attached hydrogens (tertiary/aromatic N) is 2. The van der Waals surface area contributed by atoms with Gasteiger partial charge < -0.3 is 29.7 Å². The van der Waals surface area contributed by atoms with E-state index in [1.54, 1.807) is 6.26 Å². The zero-order valence-electron chi connectivity index (χ0n) is 23.9. The SMILES string of the molecule is CN(C(=O)N1CCN[C@@H](CO)C1)[C@H]1CC[C@@]2(C)[C@H](CC[C@@H]3[C@@H]2CC[C@]2(C)[C@@H](c4ccc(=O)oc4)CC[C@]32O)C1. The normalized spacial score (nSPS) is 43.8. The number of hydrogen-bond acceptors (Lipinski definition) is 6. The largest absolute Gasteiger partial charge is 0.431 e. The first-order chi connectivity index (χ1) is 18.6. The molecule has 0 radical (unpaired) electrons. The average Bonchev–Trinajstić information content (AvgIpc) is 3.23. The molecule has 3 N–H and O–H groups in total. The summed E-state index contributed by atoms with van der Waals surface area (Å²) >= 11 is 0. The number of hydrogen-bond donors (Lipinski definition) is 3. The fourth-order valence-electron chi connectivity index (χ4n) is 10.2. The summed E-state index contributed by atoms with van der Waals surface area (Å²) in [6.45, 7) is 6.79. The highest BCUT2D eigenvalue weighted by Gasteiger charge is 2.67. The predicted molar refractivity (Wildman–Crippen MR) is 148 cm³/mol. The number of rotatable bonds is 3. The van der Waals surface area contributed by atoms with Crippen molar-refractivity contribution in [3.05, 3.63) is 34.4 Å². The molecule has 1 aliphatic heterocycles. The molecule has 4 aliphatic carbocycles. The number of carbonyl (C=O) groups is 1. The molecule has 5 aliphatic rings. The van der Waals surface area contributed by atoms with E-state index >= 15 is 0 Å². The summed E-state index contributed by atoms with van der Waals surface area (Å²) in [5, 5.41) is 25.3. The lowest BCUT2D eigenvalue weighted by Crippen LogP contribution is -2.63. The van der Waals surface area contributed by atoms with Crippen LogP contribution in [-0.2, 0) is 0 Å². The Morgan fingerprint density at radius 3 is 2.69 bits per heavy atom. The van der Waals surface area contributed by atoms with Crippen LogP contribution in [0.4, 0.5) is 4.79 Å². The molecule has 2 amide bonds. The molecule has 1 aromatic heterocycles. The van der Waals surface area contributed by atoms with Crippen molar-refractivity contribution in [2.24, 2.45) is 28.6 Å². The molecule has 1 saturated heterocycles. The molecular formula is C31H47N3O5. The summed E-state index contributed by atoms with van der Waals surface area (Å²) in [7, 11) is 1.97. The molecule has 8 nitrogen and oxygen atoms in total. The Bertz CT molecular complexity index is 1120. The zero-order chi connectivity index (χ0) is 27.6. The van der Waals surface area contributed by atoms with Gasteiger partial charge in [-0.2, -0.15) is 0 Å². The monoisotopic (exact) mass is 541 g/mol. The van der Waals surface area contributed by atoms with Gasteiger partial charge in [0.25, 0.3) is 0 Å². The minimum absolute atomic E-state index is 0.0422. The van der Waals surface area contributed by atoms with Crippen LogP contribution in [0.15, 0.2) is 27.6 Å². The maximum atomic E-state index is 13.4. The minimum atomic E-state index is -0.695. The van der Waals surface area contributed by atoms with Gasteiger partial charge in [-0.25, -0.2) is 9.59 Å². The third kappa shape index (κ3) is 4.19. The van der Waals surface area contributed by atoms with Gasteiger partial charge in [0.15, 0.2) is 0 Å². The number of urea groups is 1. The zero-order valence-corrected chi connectivity index (χ0v) is 23.9. The molecule has 216 valence electrons. The molecule has 6 rings (SSSR count). The fraction of sp³-hybridized carbons (Fsp3) is 0.806. The van der Waals surface area contributed by atoms with Crippen LogP contribution in [0.2, 0.25) is 0 Å². The third-order valence-corrected chi connectivity index (χ3v) is 12.5. The van der Waals surface area contributed by atoms with Crippen LogP contribution in [0.1, 0.15) is 83.1 Å². The lowest BCUT2D eigenvalue weighted by molar-refractivity contribution is -0.203. The highest BCUT2D eigenvalue weighted by Crippen LogP contribution is 2.70. The van der Waals surface area contributed by atoms with Gasteiger partial charge >= 0.3 is 11.7 Å². The number of aliphatic hydroxyl groups excluding tert-OH is 1. The van der Waals surface area contributed by atoms with Crippen LogP contribution in [0.5, 0.6) is 0 Å². The topological polar surface area (TPSA) is 106 Å². The molecule has 4 saturated carbocycles. The molecule has 2 heterocycles. The Labute approximate surface area is 232 Å². The number of carbonyl (C=O) groups excluding carboxylic acids is 1. The maximum Gasteiger partial charge on any atom is 0.335 e. The molecule has 0 spiro atoms. The van der Waals surface area contributed by atoms with E-state index in [0.717, 1.165) is 69.9 Å². The summed E-state index contributed by atoms with van der Waals surface area (Å²) < 4.78 is 5.23. The lowest BCUT2D eigenvalue weighted by atomic mass is 9.43. The van der Waals surface area contributed by atoms with E-state index < -0.39 is 5.60 Å². The van der Waals surface area contributed by atoms with E-state index in [2.05, 4.69) is 19.2 Å². The van der Waals surface area contributed by atoms with E-state index in [1.807, 2.05) is 22.9 Å². The first kappa shape index (κ1) is 27.3. The van der Waals surface area contributed by atoms with Crippen LogP contribution in [0.25, 0.3) is 0 Å². The average molecular weight is 542 g/mol. The van der Waals surface area contributed by atoms with Crippen molar-refractivity contribution in [2.75, 3.05) is 33.3 Å². The van der Waals surface area contributed by atoms with Gasteiger partial charge in [-0.3, -0.25) is 0 Å². The number of fused-ring (bicyclic) bond motifs is 5. The van der Waals surface area contributed by atoms with Crippen LogP contribution < -0.4 is 10.9 Å². The standard InChI is InChI=1S/C31H47N3O5/c1-29-11-8-23(33(3)28(37)34-15-14-32-22(17-34)18-35)16-21(29)5-6-26-25(29)9-12-30(2)24(10-13-31(26,30)38)20-4-7-27(36)39-19-20/h4,7,19,21-26,32,35,38H,5-6,8-18H2,1-3H3/t21-,22-,23+,24-,25+,26-,29+,30-,31+/m1/s1. The summed E-state index contributed by atoms with van der Waals surface area (Å²) in [5.74, 6) is 1.58. The molecule has 39 heavy (non-hydrogen) atoms. The van der Waals surface area contributed by atoms with Crippen LogP contribution in [0, 0.1) is 28.6 Å². The van der Waals surface area contributed by atoms with Crippen molar-refractivity contribution in [2.45, 2.75) is 95.2 Å². The molecule has 0 aromatic carbocycles. The number of aliphatic hydroxyl groups is 2. The maximum absolute atomic E-state index is 13.4. The van der Waals surface area contributed by atoms with Crippen molar-refractivity contribution in [1.82, 2.24) is 15.1 Å². The summed E-state index contributed by atoms with van der Waals surface area (Å²) in [4.78, 5) is 28.8. The van der Waals surface area contributed by atoms with Gasteiger partial charge in [-0.15, -0.1) is 0 Å². The van der Waals surface area contributed by atoms with Gasteiger partial charge in [0.2, 0.25) is 0 Å². The summed E-state index contributed by atoms with van der Waals surface area (Å²) in [5.41, 5.74) is 0.0119. The Morgan fingerprint density at radius 1 is 1.13 bits per heavy atom. The van der Waals surface area contributed by atoms with Crippen molar-refractivity contribution in [1.29, 1.82) is 0 Å². The summed E-state index contributed by atoms with van der Waals surface area (Å²) in [6.07, 6.45) is 10.8. The lowest BCUT2D eigenvalue weighted by Gasteiger charge is -2.64. The third-order valence-electron chi connectivity index (χ3n) is 12.5. The van der Waals surface area contributed by atoms with E-state index in [9.17, 15) is 19.8 Å². The molecule has 1 aromatic rings. The van der Waals surface area contributed by atoms with Crippen molar-refractivity contribution in [3.63, 3.8) is 0 Å². The Hall–Kier alpha value is -1.90. The second kappa shape index (κ2) is 9.88. The molecule has 0 unspecified atom stereocenters. The van der Waals surface area contributed by atoms with Crippen molar-refractivity contribution >= 4 is 6.03 Å². The van der Waals surface area contributed by atoms with Crippen molar-refractivity contribution in [3.8, 4) is 0 Å². The molecule has 9 atom stereocenters. The Morgan fingerprint density at radius 2 is 1.95 bits per heavy atom. The molecular weight excluding hydrogens is 494 g/mol. The quantitative estimate of drug-likeness (QED) is 0.540. The molecule has 0 bridgehead atoms. The minimum Gasteiger partial charge on any atom is -0.431 e. The van der Waals surface area contributed by atoms with E-state index in [1.165, 1.54) is 6.07 Å². The smallest absolute Gasteiger partial charge is 0.335 e. The Kier molecular flexibility index (Phi) is 6.91. The highest BCUT2D eigenvalue weighted by atomic mass is 16.4. The van der Waals surface area contributed by atoms with Crippen molar-refractivity contribution < 1.29 is 19.4 Å². The van der Waals surface area contributed by atoms with Crippen LogP contribution in [0.3, 0.4) is 0 Å². The number of amides is 2. The second-order valence-electron chi connectivity index (χ2n) is 14.0. The van der Waals surface area contributed by atoms with Crippen LogP contribution >= 0.6 is 0 Å². The van der Waals surface area contributed by atoms with Gasteiger partial charge in [-0.1, -0.05) is 13.8 Å². The summed E-state index contributed by atoms with van der Waals surface area (Å²) in [6, 6.07) is 3.71. The van der Waals surface area contributed by atoms with Crippen LogP contribution in [-0.4, -0.2) is 77.0 Å². The second-order valence-corrected chi connectivity index (χ2v) is 14.0.